The zero-order valence-corrected chi connectivity index (χ0v) is 25.1. The molecule has 37 heavy (non-hydrogen) atoms. The van der Waals surface area contributed by atoms with Gasteiger partial charge in [-0.15, -0.1) is 0 Å². The van der Waals surface area contributed by atoms with E-state index in [-0.39, 0.29) is 29.9 Å². The van der Waals surface area contributed by atoms with Gasteiger partial charge < -0.3 is 43.5 Å². The van der Waals surface area contributed by atoms with Crippen LogP contribution in [0.1, 0.15) is 62.1 Å². The zero-order chi connectivity index (χ0) is 25.8. The Balaban J connectivity index is 0.00000481. The van der Waals surface area contributed by atoms with Gasteiger partial charge in [-0.25, -0.2) is 0 Å². The van der Waals surface area contributed by atoms with Crippen LogP contribution in [-0.2, 0) is 17.8 Å². The summed E-state index contributed by atoms with van der Waals surface area (Å²) in [6.07, 6.45) is 14.7. The van der Waals surface area contributed by atoms with Gasteiger partial charge in [-0.05, 0) is 59.9 Å². The Morgan fingerprint density at radius 1 is 1.00 bits per heavy atom. The van der Waals surface area contributed by atoms with Crippen LogP contribution in [0.2, 0.25) is 0 Å². The van der Waals surface area contributed by atoms with Gasteiger partial charge in [0.25, 0.3) is 0 Å². The Labute approximate surface area is 240 Å². The Hall–Kier alpha value is -2.32. The van der Waals surface area contributed by atoms with E-state index in [9.17, 15) is 4.79 Å². The number of halogens is 1. The number of carbonyl (C=O) groups is 1. The normalized spacial score (nSPS) is 11.6. The van der Waals surface area contributed by atoms with Crippen molar-refractivity contribution in [1.82, 2.24) is 10.3 Å². The van der Waals surface area contributed by atoms with E-state index in [1.807, 2.05) is 30.3 Å². The quantitative estimate of drug-likeness (QED) is 0.119. The summed E-state index contributed by atoms with van der Waals surface area (Å²) in [4.78, 5) is 15.8. The van der Waals surface area contributed by atoms with Gasteiger partial charge >= 0.3 is 0 Å². The molecule has 1 aromatic heterocycles. The van der Waals surface area contributed by atoms with E-state index in [0.29, 0.717) is 6.54 Å². The van der Waals surface area contributed by atoms with Crippen LogP contribution in [0.4, 0.5) is 0 Å². The number of hydrogen-bond donors (Lipinski definition) is 2. The van der Waals surface area contributed by atoms with Gasteiger partial charge in [0, 0.05) is 36.1 Å². The molecule has 1 heterocycles. The first-order valence-electron chi connectivity index (χ1n) is 13.4. The number of nitrogens with one attached hydrogen (secondary N) is 2. The predicted octanol–water partition coefficient (Wildman–Crippen LogP) is 3.49. The summed E-state index contributed by atoms with van der Waals surface area (Å²) in [6.45, 7) is 5.11. The lowest BCUT2D eigenvalue weighted by atomic mass is 10.1. The molecule has 3 aromatic rings. The van der Waals surface area contributed by atoms with E-state index in [2.05, 4.69) is 55.7 Å². The fourth-order valence-corrected chi connectivity index (χ4v) is 4.53. The molecule has 0 fully saturated rings. The summed E-state index contributed by atoms with van der Waals surface area (Å²) >= 11 is 0. The molecule has 0 saturated heterocycles. The summed E-state index contributed by atoms with van der Waals surface area (Å²) in [5.74, 6) is 0.707. The lowest BCUT2D eigenvalue weighted by Gasteiger charge is -2.30. The van der Waals surface area contributed by atoms with Gasteiger partial charge in [0.15, 0.2) is 0 Å². The maximum Gasteiger partial charge on any atom is 0.244 e. The highest BCUT2D eigenvalue weighted by molar-refractivity contribution is 5.93. The van der Waals surface area contributed by atoms with Crippen LogP contribution in [0.3, 0.4) is 0 Å². The van der Waals surface area contributed by atoms with Gasteiger partial charge in [-0.3, -0.25) is 4.79 Å². The number of methoxy groups -OCH3 is 1. The Morgan fingerprint density at radius 3 is 2.46 bits per heavy atom. The highest BCUT2D eigenvalue weighted by Crippen LogP contribution is 2.22. The summed E-state index contributed by atoms with van der Waals surface area (Å²) in [6, 6.07) is 14.0. The number of fused-ring (bicyclic) bond motifs is 1. The van der Waals surface area contributed by atoms with Gasteiger partial charge in [0.2, 0.25) is 5.91 Å². The number of quaternary nitrogens is 1. The molecule has 3 rings (SSSR count). The molecule has 0 aliphatic heterocycles. The number of H-pyrrole nitrogens is 1. The van der Waals surface area contributed by atoms with Crippen molar-refractivity contribution in [1.29, 1.82) is 0 Å². The van der Waals surface area contributed by atoms with Crippen molar-refractivity contribution in [2.45, 2.75) is 58.4 Å². The smallest absolute Gasteiger partial charge is 0.244 e. The molecule has 5 nitrogen and oxygen atoms in total. The Morgan fingerprint density at radius 2 is 1.73 bits per heavy atom. The number of aromatic amines is 1. The van der Waals surface area contributed by atoms with Gasteiger partial charge in [0.05, 0.1) is 34.3 Å². The van der Waals surface area contributed by atoms with Gasteiger partial charge in [-0.2, -0.15) is 0 Å². The number of unbranched alkanes of at least 4 members (excludes halogenated alkanes) is 5. The number of rotatable bonds is 15. The summed E-state index contributed by atoms with van der Waals surface area (Å²) in [7, 11) is 6.34. The highest BCUT2D eigenvalue weighted by Gasteiger charge is 2.16. The van der Waals surface area contributed by atoms with Crippen molar-refractivity contribution < 1.29 is 38.0 Å². The van der Waals surface area contributed by atoms with E-state index in [4.69, 9.17) is 4.74 Å². The van der Waals surface area contributed by atoms with Crippen molar-refractivity contribution in [3.05, 3.63) is 71.4 Å². The molecule has 202 valence electrons. The molecule has 2 aromatic carbocycles. The SMILES string of the molecule is CCCCCCCC[N+](C)(C)CCc1c[nH]c2ccc(C=CC(=O)NCc3ccc(OC)cc3)cc12.[I-]. The molecule has 0 aliphatic rings. The van der Waals surface area contributed by atoms with E-state index in [1.165, 1.54) is 56.0 Å². The fraction of sp³-hybridized carbons (Fsp3) is 0.452. The van der Waals surface area contributed by atoms with Crippen molar-refractivity contribution in [2.75, 3.05) is 34.3 Å². The third-order valence-electron chi connectivity index (χ3n) is 6.95. The van der Waals surface area contributed by atoms with Crippen LogP contribution >= 0.6 is 0 Å². The molecule has 0 aliphatic carbocycles. The fourth-order valence-electron chi connectivity index (χ4n) is 4.53. The maximum absolute atomic E-state index is 12.3. The second kappa shape index (κ2) is 15.8. The molecule has 0 unspecified atom stereocenters. The first-order valence-corrected chi connectivity index (χ1v) is 13.4. The van der Waals surface area contributed by atoms with E-state index in [0.717, 1.165) is 39.8 Å². The summed E-state index contributed by atoms with van der Waals surface area (Å²) < 4.78 is 6.23. The first kappa shape index (κ1) is 30.9. The third kappa shape index (κ3) is 10.5. The molecule has 1 amide bonds. The second-order valence-electron chi connectivity index (χ2n) is 10.4. The number of hydrogen-bond acceptors (Lipinski definition) is 2. The van der Waals surface area contributed by atoms with Crippen molar-refractivity contribution in [2.24, 2.45) is 0 Å². The number of nitrogens with zero attached hydrogens (tertiary/aromatic N) is 1. The topological polar surface area (TPSA) is 54.1 Å². The summed E-state index contributed by atoms with van der Waals surface area (Å²) in [5, 5.41) is 4.19. The molecular formula is C31H44IN3O2. The lowest BCUT2D eigenvalue weighted by molar-refractivity contribution is -0.890. The minimum absolute atomic E-state index is 0. The number of benzene rings is 2. The van der Waals surface area contributed by atoms with Crippen LogP contribution in [-0.4, -0.2) is 49.7 Å². The van der Waals surface area contributed by atoms with Crippen molar-refractivity contribution in [3.8, 4) is 5.75 Å². The van der Waals surface area contributed by atoms with E-state index in [1.54, 1.807) is 13.2 Å². The molecule has 0 radical (unpaired) electrons. The molecule has 0 bridgehead atoms. The van der Waals surface area contributed by atoms with Crippen molar-refractivity contribution >= 4 is 22.9 Å². The van der Waals surface area contributed by atoms with Crippen LogP contribution in [0.15, 0.2) is 54.7 Å². The highest BCUT2D eigenvalue weighted by atomic mass is 127. The molecular weight excluding hydrogens is 573 g/mol. The predicted molar refractivity (Wildman–Crippen MR) is 151 cm³/mol. The number of likely N-dealkylation sites (N-methyl/N-ethyl adjacent to an activating group) is 1. The second-order valence-corrected chi connectivity index (χ2v) is 10.4. The average molecular weight is 618 g/mol. The number of ether oxygens (including phenoxy) is 1. The van der Waals surface area contributed by atoms with E-state index < -0.39 is 0 Å². The number of aromatic nitrogens is 1. The molecule has 2 N–H and O–H groups in total. The number of amides is 1. The molecule has 0 spiro atoms. The van der Waals surface area contributed by atoms with Crippen LogP contribution < -0.4 is 34.0 Å². The van der Waals surface area contributed by atoms with Crippen LogP contribution in [0.25, 0.3) is 17.0 Å². The minimum Gasteiger partial charge on any atom is -1.00 e. The van der Waals surface area contributed by atoms with E-state index >= 15 is 0 Å². The van der Waals surface area contributed by atoms with Gasteiger partial charge in [-0.1, -0.05) is 50.8 Å². The van der Waals surface area contributed by atoms with Crippen molar-refractivity contribution in [3.63, 3.8) is 0 Å². The van der Waals surface area contributed by atoms with Crippen LogP contribution in [0, 0.1) is 0 Å². The maximum atomic E-state index is 12.3. The van der Waals surface area contributed by atoms with Gasteiger partial charge in [0.1, 0.15) is 5.75 Å². The summed E-state index contributed by atoms with van der Waals surface area (Å²) in [5.41, 5.74) is 4.56. The minimum atomic E-state index is -0.103. The monoisotopic (exact) mass is 617 g/mol. The molecule has 6 heteroatoms. The molecule has 0 saturated carbocycles. The lowest BCUT2D eigenvalue weighted by Crippen LogP contribution is -3.00. The largest absolute Gasteiger partial charge is 1.00 e. The first-order chi connectivity index (χ1) is 17.4. The number of carbonyl (C=O) groups excluding carboxylic acids is 1. The average Bonchev–Trinajstić information content (AvgIpc) is 3.29. The Kier molecular flexibility index (Phi) is 13.2. The standard InChI is InChI=1S/C31H43N3O2.HI/c1-5-6-7-8-9-10-20-34(2,3)21-19-27-24-32-30-17-13-25(22-29(27)30)14-18-31(35)33-23-26-11-15-28(36-4)16-12-26;/h11-18,22,24H,5-10,19-21,23H2,1-4H3,(H-,32,33,35);1H. The molecule has 0 atom stereocenters. The Bertz CT molecular complexity index is 1120. The van der Waals surface area contributed by atoms with Crippen LogP contribution in [0.5, 0.6) is 5.75 Å². The zero-order valence-electron chi connectivity index (χ0n) is 23.0. The third-order valence-corrected chi connectivity index (χ3v) is 6.95.